The largest absolute Gasteiger partial charge is 0.494 e. The number of rotatable bonds is 13. The summed E-state index contributed by atoms with van der Waals surface area (Å²) in [5.74, 6) is -1.78. The Labute approximate surface area is 289 Å². The van der Waals surface area contributed by atoms with E-state index >= 15 is 0 Å². The maximum atomic E-state index is 14.3. The van der Waals surface area contributed by atoms with Gasteiger partial charge in [0.25, 0.3) is 5.91 Å². The van der Waals surface area contributed by atoms with Crippen molar-refractivity contribution >= 4 is 55.8 Å². The molecule has 0 bridgehead atoms. The summed E-state index contributed by atoms with van der Waals surface area (Å²) in [6.07, 6.45) is 7.98. The summed E-state index contributed by atoms with van der Waals surface area (Å²) in [5, 5.41) is 7.12. The molecule has 6 rings (SSSR count). The Balaban J connectivity index is 1.29. The molecule has 1 aliphatic heterocycles. The first-order valence-electron chi connectivity index (χ1n) is 16.0. The first kappa shape index (κ1) is 34.4. The van der Waals surface area contributed by atoms with Crippen molar-refractivity contribution in [1.29, 1.82) is 0 Å². The van der Waals surface area contributed by atoms with Crippen LogP contribution in [0.5, 0.6) is 11.6 Å². The summed E-state index contributed by atoms with van der Waals surface area (Å²) in [5.41, 5.74) is -0.997. The van der Waals surface area contributed by atoms with Gasteiger partial charge in [-0.25, -0.2) is 23.4 Å². The third kappa shape index (κ3) is 6.99. The number of hydrogen-bond acceptors (Lipinski definition) is 11. The molecule has 5 atom stereocenters. The molecule has 2 saturated carbocycles. The van der Waals surface area contributed by atoms with Gasteiger partial charge in [-0.1, -0.05) is 31.5 Å². The Bertz CT molecular complexity index is 1890. The molecule has 1 saturated heterocycles. The summed E-state index contributed by atoms with van der Waals surface area (Å²) >= 11 is 6.32. The Hall–Kier alpha value is -4.50. The molecule has 1 unspecified atom stereocenters. The van der Waals surface area contributed by atoms with Crippen LogP contribution in [0.15, 0.2) is 55.8 Å². The zero-order valence-electron chi connectivity index (χ0n) is 27.3. The molecule has 2 aliphatic carbocycles. The topological polar surface area (TPSA) is 182 Å². The van der Waals surface area contributed by atoms with Gasteiger partial charge < -0.3 is 25.0 Å². The molecule has 3 aromatic rings. The van der Waals surface area contributed by atoms with E-state index in [-0.39, 0.29) is 37.1 Å². The third-order valence-electron chi connectivity index (χ3n) is 9.19. The van der Waals surface area contributed by atoms with Crippen LogP contribution < -0.4 is 24.8 Å². The number of hydrogen-bond donors (Lipinski definition) is 3. The quantitative estimate of drug-likeness (QED) is 0.222. The smallest absolute Gasteiger partial charge is 0.259 e. The normalized spacial score (nSPS) is 23.9. The number of anilines is 1. The van der Waals surface area contributed by atoms with Crippen molar-refractivity contribution in [1.82, 2.24) is 29.9 Å². The van der Waals surface area contributed by atoms with E-state index in [1.54, 1.807) is 30.6 Å². The van der Waals surface area contributed by atoms with Gasteiger partial charge in [-0.15, -0.1) is 6.58 Å². The summed E-state index contributed by atoms with van der Waals surface area (Å²) in [6, 6.07) is 3.36. The molecule has 2 aromatic heterocycles. The summed E-state index contributed by atoms with van der Waals surface area (Å²) in [6.45, 7) is 7.52. The summed E-state index contributed by atoms with van der Waals surface area (Å²) < 4.78 is 39.3. The number of ether oxygens (including phenoxy) is 2. The number of pyridine rings is 1. The van der Waals surface area contributed by atoms with Crippen LogP contribution in [0.4, 0.5) is 5.69 Å². The number of methoxy groups -OCH3 is 1. The van der Waals surface area contributed by atoms with Gasteiger partial charge in [-0.2, -0.15) is 0 Å². The minimum atomic E-state index is -3.87. The lowest BCUT2D eigenvalue weighted by Crippen LogP contribution is -2.58. The van der Waals surface area contributed by atoms with Crippen LogP contribution in [0.3, 0.4) is 0 Å². The van der Waals surface area contributed by atoms with Crippen LogP contribution in [0.1, 0.15) is 39.5 Å². The molecule has 3 heterocycles. The number of benzene rings is 1. The standard InChI is InChI=1S/C33H38ClN7O7S/c1-5-19-12-33(19,32(44)40-49(45,46)23-7-8-23)39-29(42)26-11-22(48-30-25-10-20(34)6-9-24(25)27(47-4)15-37-30)16-41(26)31(43)28(18(2)3)38-21-13-35-17-36-14-21/h5-6,9-10,13-15,17-19,22-23,26,28,38H,1,7-8,11-12,16H2,2-4H3,(H,39,42)(H,40,44)/t19-,22-,26+,28?,33-/m1/s1. The molecule has 3 N–H and O–H groups in total. The van der Waals surface area contributed by atoms with E-state index in [2.05, 4.69) is 36.9 Å². The van der Waals surface area contributed by atoms with E-state index in [4.69, 9.17) is 21.1 Å². The molecule has 16 heteroatoms. The predicted molar refractivity (Wildman–Crippen MR) is 181 cm³/mol. The molecule has 49 heavy (non-hydrogen) atoms. The van der Waals surface area contributed by atoms with Crippen molar-refractivity contribution in [3.05, 3.63) is 60.8 Å². The van der Waals surface area contributed by atoms with Crippen LogP contribution in [0.2, 0.25) is 5.02 Å². The van der Waals surface area contributed by atoms with Gasteiger partial charge in [0.1, 0.15) is 35.8 Å². The van der Waals surface area contributed by atoms with Crippen molar-refractivity contribution in [3.8, 4) is 11.6 Å². The number of carbonyl (C=O) groups excluding carboxylic acids is 3. The summed E-state index contributed by atoms with van der Waals surface area (Å²) in [7, 11) is -2.34. The SMILES string of the molecule is C=C[C@@H]1C[C@]1(NC(=O)[C@@H]1C[C@@H](Oc2ncc(OC)c3ccc(Cl)cc23)CN1C(=O)C(Nc1cncnc1)C(C)C)C(=O)NS(=O)(=O)C1CC1. The highest BCUT2D eigenvalue weighted by Gasteiger charge is 2.62. The highest BCUT2D eigenvalue weighted by molar-refractivity contribution is 7.91. The van der Waals surface area contributed by atoms with E-state index in [1.807, 2.05) is 13.8 Å². The van der Waals surface area contributed by atoms with Gasteiger partial charge in [0.15, 0.2) is 0 Å². The number of likely N-dealkylation sites (tertiary alicyclic amines) is 1. The average Bonchev–Trinajstić information content (AvgIpc) is 4.00. The maximum absolute atomic E-state index is 14.3. The first-order chi connectivity index (χ1) is 23.4. The molecule has 0 radical (unpaired) electrons. The number of sulfonamides is 1. The second-order valence-corrected chi connectivity index (χ2v) is 15.4. The van der Waals surface area contributed by atoms with Gasteiger partial charge in [-0.05, 0) is 43.4 Å². The van der Waals surface area contributed by atoms with Gasteiger partial charge in [0.2, 0.25) is 27.7 Å². The van der Waals surface area contributed by atoms with Crippen molar-refractivity contribution in [2.45, 2.75) is 68.5 Å². The van der Waals surface area contributed by atoms with E-state index in [9.17, 15) is 22.8 Å². The average molecular weight is 712 g/mol. The van der Waals surface area contributed by atoms with E-state index in [1.165, 1.54) is 30.6 Å². The highest BCUT2D eigenvalue weighted by Crippen LogP contribution is 2.45. The lowest BCUT2D eigenvalue weighted by atomic mass is 10.0. The molecule has 3 amide bonds. The van der Waals surface area contributed by atoms with Crippen molar-refractivity contribution < 1.29 is 32.3 Å². The first-order valence-corrected chi connectivity index (χ1v) is 17.9. The molecular weight excluding hydrogens is 674 g/mol. The Morgan fingerprint density at radius 2 is 1.88 bits per heavy atom. The van der Waals surface area contributed by atoms with Gasteiger partial charge >= 0.3 is 0 Å². The van der Waals surface area contributed by atoms with Crippen molar-refractivity contribution in [2.75, 3.05) is 19.0 Å². The van der Waals surface area contributed by atoms with Crippen LogP contribution in [0.25, 0.3) is 10.8 Å². The molecule has 3 fully saturated rings. The lowest BCUT2D eigenvalue weighted by Gasteiger charge is -2.31. The van der Waals surface area contributed by atoms with Gasteiger partial charge in [0, 0.05) is 28.1 Å². The van der Waals surface area contributed by atoms with Crippen molar-refractivity contribution in [3.63, 3.8) is 0 Å². The maximum Gasteiger partial charge on any atom is 0.259 e. The van der Waals surface area contributed by atoms with E-state index < -0.39 is 56.7 Å². The van der Waals surface area contributed by atoms with Crippen LogP contribution >= 0.6 is 11.6 Å². The minimum absolute atomic E-state index is 0.0169. The third-order valence-corrected chi connectivity index (χ3v) is 11.2. The van der Waals surface area contributed by atoms with Crippen LogP contribution in [-0.4, -0.2) is 88.6 Å². The fourth-order valence-electron chi connectivity index (χ4n) is 6.22. The monoisotopic (exact) mass is 711 g/mol. The van der Waals surface area contributed by atoms with Crippen molar-refractivity contribution in [2.24, 2.45) is 11.8 Å². The van der Waals surface area contributed by atoms with Crippen LogP contribution in [-0.2, 0) is 24.4 Å². The predicted octanol–water partition coefficient (Wildman–Crippen LogP) is 2.84. The Morgan fingerprint density at radius 3 is 2.51 bits per heavy atom. The Kier molecular flexibility index (Phi) is 9.42. The van der Waals surface area contributed by atoms with E-state index in [0.29, 0.717) is 40.1 Å². The van der Waals surface area contributed by atoms with Gasteiger partial charge in [-0.3, -0.25) is 19.1 Å². The number of amides is 3. The fraction of sp³-hybridized carbons (Fsp3) is 0.455. The summed E-state index contributed by atoms with van der Waals surface area (Å²) in [4.78, 5) is 55.8. The number of nitrogens with zero attached hydrogens (tertiary/aromatic N) is 4. The Morgan fingerprint density at radius 1 is 1.14 bits per heavy atom. The van der Waals surface area contributed by atoms with Crippen LogP contribution in [0, 0.1) is 11.8 Å². The zero-order chi connectivity index (χ0) is 35.1. The van der Waals surface area contributed by atoms with Gasteiger partial charge in [0.05, 0.1) is 43.2 Å². The number of fused-ring (bicyclic) bond motifs is 1. The minimum Gasteiger partial charge on any atom is -0.494 e. The molecule has 14 nitrogen and oxygen atoms in total. The number of aromatic nitrogens is 3. The molecule has 1 aromatic carbocycles. The molecule has 0 spiro atoms. The molecule has 260 valence electrons. The van der Waals surface area contributed by atoms with E-state index in [0.717, 1.165) is 0 Å². The molecule has 3 aliphatic rings. The number of nitrogens with one attached hydrogen (secondary N) is 3. The zero-order valence-corrected chi connectivity index (χ0v) is 28.8. The number of carbonyl (C=O) groups is 3. The number of halogens is 1. The molecular formula is C33H38ClN7O7S. The highest BCUT2D eigenvalue weighted by atomic mass is 35.5. The second kappa shape index (κ2) is 13.4. The second-order valence-electron chi connectivity index (χ2n) is 13.0. The fourth-order valence-corrected chi connectivity index (χ4v) is 7.75. The lowest BCUT2D eigenvalue weighted by molar-refractivity contribution is -0.140.